The molecule has 3 heterocycles. The molecule has 0 saturated carbocycles. The van der Waals surface area contributed by atoms with E-state index in [-0.39, 0.29) is 17.7 Å². The average molecular weight is 390 g/mol. The number of carbonyl (C=O) groups excluding carboxylic acids is 2. The van der Waals surface area contributed by atoms with Crippen molar-refractivity contribution < 1.29 is 9.59 Å². The summed E-state index contributed by atoms with van der Waals surface area (Å²) in [5, 5.41) is 9.53. The number of nitrogens with one attached hydrogen (secondary N) is 2. The lowest BCUT2D eigenvalue weighted by Crippen LogP contribution is -2.28. The summed E-state index contributed by atoms with van der Waals surface area (Å²) in [4.78, 5) is 35.2. The molecule has 8 nitrogen and oxygen atoms in total. The molecule has 0 aliphatic carbocycles. The minimum Gasteiger partial charge on any atom is -0.338 e. The Labute approximate surface area is 168 Å². The molecule has 4 rings (SSSR count). The van der Waals surface area contributed by atoms with Crippen LogP contribution in [0, 0.1) is 0 Å². The van der Waals surface area contributed by atoms with Gasteiger partial charge in [-0.3, -0.25) is 14.7 Å². The summed E-state index contributed by atoms with van der Waals surface area (Å²) in [6.45, 7) is 3.05. The number of H-pyrrole nitrogens is 1. The Morgan fingerprint density at radius 3 is 2.79 bits per heavy atom. The van der Waals surface area contributed by atoms with Crippen LogP contribution in [0.5, 0.6) is 0 Å². The lowest BCUT2D eigenvalue weighted by molar-refractivity contribution is -0.115. The molecule has 0 spiro atoms. The fourth-order valence-electron chi connectivity index (χ4n) is 3.41. The van der Waals surface area contributed by atoms with Gasteiger partial charge in [-0.05, 0) is 36.8 Å². The van der Waals surface area contributed by atoms with E-state index in [1.54, 1.807) is 49.8 Å². The zero-order chi connectivity index (χ0) is 20.2. The van der Waals surface area contributed by atoms with Gasteiger partial charge in [0.2, 0.25) is 5.91 Å². The standard InChI is InChI=1S/C21H22N6O2/c1-2-19(28)25-17-5-3-14(4-6-17)21(29)27-10-8-15(13-27)20-22-9-7-18(26-20)16-11-23-24-12-16/h3-7,9,11-12,15H,2,8,10,13H2,1H3,(H,23,24)(H,25,28). The number of anilines is 1. The molecule has 2 aromatic heterocycles. The first-order valence-corrected chi connectivity index (χ1v) is 9.65. The average Bonchev–Trinajstić information content (AvgIpc) is 3.46. The Balaban J connectivity index is 1.42. The van der Waals surface area contributed by atoms with Crippen molar-refractivity contribution in [3.8, 4) is 11.3 Å². The second kappa shape index (κ2) is 8.22. The number of hydrogen-bond donors (Lipinski definition) is 2. The summed E-state index contributed by atoms with van der Waals surface area (Å²) in [7, 11) is 0. The third-order valence-corrected chi connectivity index (χ3v) is 5.05. The highest BCUT2D eigenvalue weighted by molar-refractivity contribution is 5.96. The summed E-state index contributed by atoms with van der Waals surface area (Å²) in [6.07, 6.45) is 6.51. The van der Waals surface area contributed by atoms with Gasteiger partial charge in [-0.1, -0.05) is 6.92 Å². The molecule has 3 aromatic rings. The van der Waals surface area contributed by atoms with E-state index < -0.39 is 0 Å². The van der Waals surface area contributed by atoms with E-state index in [1.165, 1.54) is 0 Å². The number of benzene rings is 1. The first-order valence-electron chi connectivity index (χ1n) is 9.65. The highest BCUT2D eigenvalue weighted by Crippen LogP contribution is 2.27. The van der Waals surface area contributed by atoms with Gasteiger partial charge in [0.25, 0.3) is 5.91 Å². The van der Waals surface area contributed by atoms with E-state index in [0.717, 1.165) is 23.5 Å². The van der Waals surface area contributed by atoms with Crippen molar-refractivity contribution in [1.82, 2.24) is 25.1 Å². The van der Waals surface area contributed by atoms with E-state index in [2.05, 4.69) is 25.5 Å². The minimum atomic E-state index is -0.0517. The summed E-state index contributed by atoms with van der Waals surface area (Å²) in [5.41, 5.74) is 3.03. The molecular weight excluding hydrogens is 368 g/mol. The smallest absolute Gasteiger partial charge is 0.253 e. The predicted molar refractivity (Wildman–Crippen MR) is 108 cm³/mol. The molecule has 1 unspecified atom stereocenters. The van der Waals surface area contributed by atoms with E-state index in [9.17, 15) is 9.59 Å². The minimum absolute atomic E-state index is 0.0214. The number of rotatable bonds is 5. The van der Waals surface area contributed by atoms with Crippen LogP contribution in [-0.2, 0) is 4.79 Å². The van der Waals surface area contributed by atoms with Gasteiger partial charge in [-0.25, -0.2) is 9.97 Å². The summed E-state index contributed by atoms with van der Waals surface area (Å²) in [5.74, 6) is 0.779. The zero-order valence-corrected chi connectivity index (χ0v) is 16.1. The van der Waals surface area contributed by atoms with Crippen LogP contribution in [0.2, 0.25) is 0 Å². The molecule has 29 heavy (non-hydrogen) atoms. The third kappa shape index (κ3) is 4.16. The van der Waals surface area contributed by atoms with Crippen molar-refractivity contribution in [2.45, 2.75) is 25.7 Å². The first-order chi connectivity index (χ1) is 14.1. The molecule has 0 bridgehead atoms. The Morgan fingerprint density at radius 1 is 1.24 bits per heavy atom. The van der Waals surface area contributed by atoms with Crippen LogP contribution >= 0.6 is 0 Å². The van der Waals surface area contributed by atoms with E-state index in [1.807, 2.05) is 11.0 Å². The number of nitrogens with zero attached hydrogens (tertiary/aromatic N) is 4. The lowest BCUT2D eigenvalue weighted by atomic mass is 10.1. The Bertz CT molecular complexity index is 1000. The molecule has 1 atom stereocenters. The number of aromatic nitrogens is 4. The van der Waals surface area contributed by atoms with E-state index in [0.29, 0.717) is 30.8 Å². The molecule has 2 N–H and O–H groups in total. The van der Waals surface area contributed by atoms with Gasteiger partial charge >= 0.3 is 0 Å². The molecular formula is C21H22N6O2. The van der Waals surface area contributed by atoms with Crippen LogP contribution < -0.4 is 5.32 Å². The van der Waals surface area contributed by atoms with Crippen molar-refractivity contribution in [2.24, 2.45) is 0 Å². The molecule has 1 aliphatic heterocycles. The van der Waals surface area contributed by atoms with Gasteiger partial charge in [0.1, 0.15) is 5.82 Å². The quantitative estimate of drug-likeness (QED) is 0.697. The Hall–Kier alpha value is -3.55. The van der Waals surface area contributed by atoms with Gasteiger partial charge in [-0.15, -0.1) is 0 Å². The van der Waals surface area contributed by atoms with Crippen LogP contribution in [0.15, 0.2) is 48.9 Å². The molecule has 8 heteroatoms. The Kier molecular flexibility index (Phi) is 5.33. The summed E-state index contributed by atoms with van der Waals surface area (Å²) < 4.78 is 0. The number of amides is 2. The summed E-state index contributed by atoms with van der Waals surface area (Å²) >= 11 is 0. The second-order valence-electron chi connectivity index (χ2n) is 7.00. The third-order valence-electron chi connectivity index (χ3n) is 5.05. The molecule has 1 fully saturated rings. The van der Waals surface area contributed by atoms with Crippen molar-refractivity contribution in [1.29, 1.82) is 0 Å². The van der Waals surface area contributed by atoms with Crippen LogP contribution in [0.4, 0.5) is 5.69 Å². The van der Waals surface area contributed by atoms with Crippen LogP contribution in [0.25, 0.3) is 11.3 Å². The molecule has 1 saturated heterocycles. The predicted octanol–water partition coefficient (Wildman–Crippen LogP) is 2.84. The molecule has 1 aromatic carbocycles. The first kappa shape index (κ1) is 18.8. The maximum atomic E-state index is 12.9. The van der Waals surface area contributed by atoms with Crippen molar-refractivity contribution in [2.75, 3.05) is 18.4 Å². The van der Waals surface area contributed by atoms with Crippen molar-refractivity contribution in [3.05, 3.63) is 60.3 Å². The van der Waals surface area contributed by atoms with Crippen LogP contribution in [-0.4, -0.2) is 50.0 Å². The molecule has 2 amide bonds. The highest BCUT2D eigenvalue weighted by Gasteiger charge is 2.29. The normalized spacial score (nSPS) is 16.0. The second-order valence-corrected chi connectivity index (χ2v) is 7.00. The molecule has 148 valence electrons. The van der Waals surface area contributed by atoms with Gasteiger partial charge in [-0.2, -0.15) is 5.10 Å². The SMILES string of the molecule is CCC(=O)Nc1ccc(C(=O)N2CCC(c3nccc(-c4cn[nH]c4)n3)C2)cc1. The van der Waals surface area contributed by atoms with Gasteiger partial charge in [0.05, 0.1) is 11.9 Å². The largest absolute Gasteiger partial charge is 0.338 e. The Morgan fingerprint density at radius 2 is 2.07 bits per heavy atom. The maximum Gasteiger partial charge on any atom is 0.253 e. The van der Waals surface area contributed by atoms with Crippen LogP contribution in [0.3, 0.4) is 0 Å². The number of carbonyl (C=O) groups is 2. The summed E-state index contributed by atoms with van der Waals surface area (Å²) in [6, 6.07) is 8.86. The molecule has 0 radical (unpaired) electrons. The van der Waals surface area contributed by atoms with Crippen LogP contribution in [0.1, 0.15) is 41.9 Å². The van der Waals surface area contributed by atoms with Gasteiger partial charge in [0, 0.05) is 54.6 Å². The van der Waals surface area contributed by atoms with Crippen molar-refractivity contribution >= 4 is 17.5 Å². The van der Waals surface area contributed by atoms with Gasteiger partial charge < -0.3 is 10.2 Å². The topological polar surface area (TPSA) is 104 Å². The van der Waals surface area contributed by atoms with E-state index >= 15 is 0 Å². The number of hydrogen-bond acceptors (Lipinski definition) is 5. The molecule has 1 aliphatic rings. The monoisotopic (exact) mass is 390 g/mol. The number of aromatic amines is 1. The highest BCUT2D eigenvalue weighted by atomic mass is 16.2. The fourth-order valence-corrected chi connectivity index (χ4v) is 3.41. The van der Waals surface area contributed by atoms with E-state index in [4.69, 9.17) is 0 Å². The number of likely N-dealkylation sites (tertiary alicyclic amines) is 1. The van der Waals surface area contributed by atoms with Crippen molar-refractivity contribution in [3.63, 3.8) is 0 Å². The fraction of sp³-hybridized carbons (Fsp3) is 0.286. The lowest BCUT2D eigenvalue weighted by Gasteiger charge is -2.17. The van der Waals surface area contributed by atoms with Gasteiger partial charge in [0.15, 0.2) is 0 Å². The maximum absolute atomic E-state index is 12.9. The zero-order valence-electron chi connectivity index (χ0n) is 16.1.